The fourth-order valence-electron chi connectivity index (χ4n) is 2.06. The Morgan fingerprint density at radius 3 is 2.59 bits per heavy atom. The molecule has 0 bridgehead atoms. The van der Waals surface area contributed by atoms with Crippen LogP contribution in [0.4, 0.5) is 17.1 Å². The number of nitrogens with one attached hydrogen (secondary N) is 2. The molecule has 0 saturated carbocycles. The molecule has 8 nitrogen and oxygen atoms in total. The van der Waals surface area contributed by atoms with Crippen LogP contribution >= 0.6 is 11.6 Å². The third-order valence-corrected chi connectivity index (χ3v) is 5.17. The largest absolute Gasteiger partial charge is 0.278 e. The number of nitrogens with zero attached hydrogens (tertiary/aromatic N) is 2. The van der Waals surface area contributed by atoms with Gasteiger partial charge in [0.05, 0.1) is 21.3 Å². The third-order valence-electron chi connectivity index (χ3n) is 3.44. The van der Waals surface area contributed by atoms with Gasteiger partial charge in [-0.1, -0.05) is 37.6 Å². The molecule has 0 radical (unpaired) electrons. The summed E-state index contributed by atoms with van der Waals surface area (Å²) in [7, 11) is -4.15. The summed E-state index contributed by atoms with van der Waals surface area (Å²) in [6, 6.07) is 9.77. The Labute approximate surface area is 165 Å². The molecular formula is C17H23ClN4O4S. The number of non-ortho nitro benzene ring substituents is 1. The molecule has 0 aromatic heterocycles. The number of benzene rings is 2. The van der Waals surface area contributed by atoms with E-state index in [0.717, 1.165) is 6.07 Å². The maximum atomic E-state index is 12.8. The van der Waals surface area contributed by atoms with E-state index >= 15 is 0 Å². The average molecular weight is 415 g/mol. The first-order chi connectivity index (χ1) is 12.7. The maximum absolute atomic E-state index is 12.8. The van der Waals surface area contributed by atoms with Crippen molar-refractivity contribution in [2.45, 2.75) is 25.2 Å². The summed E-state index contributed by atoms with van der Waals surface area (Å²) < 4.78 is 28.0. The fraction of sp³-hybridized carbons (Fsp3) is 0.235. The van der Waals surface area contributed by atoms with Gasteiger partial charge in [0.25, 0.3) is 15.7 Å². The van der Waals surface area contributed by atoms with Crippen LogP contribution in [-0.4, -0.2) is 19.6 Å². The Hall–Kier alpha value is -2.65. The van der Waals surface area contributed by atoms with E-state index in [1.165, 1.54) is 24.3 Å². The van der Waals surface area contributed by atoms with E-state index in [-0.39, 0.29) is 29.8 Å². The average Bonchev–Trinajstić information content (AvgIpc) is 2.60. The minimum absolute atomic E-state index is 0. The second-order valence-electron chi connectivity index (χ2n) is 6.08. The molecule has 0 aliphatic carbocycles. The number of sulfonamides is 1. The molecule has 0 amide bonds. The number of hydrazone groups is 1. The minimum atomic E-state index is -4.15. The lowest BCUT2D eigenvalue weighted by Gasteiger charge is -2.13. The van der Waals surface area contributed by atoms with Gasteiger partial charge in [0.15, 0.2) is 0 Å². The van der Waals surface area contributed by atoms with Crippen LogP contribution in [-0.2, 0) is 10.0 Å². The number of nitro groups is 1. The monoisotopic (exact) mass is 414 g/mol. The molecule has 2 aromatic rings. The number of hydrogen-bond donors (Lipinski definition) is 2. The number of para-hydroxylation sites is 1. The van der Waals surface area contributed by atoms with E-state index < -0.39 is 14.9 Å². The third kappa shape index (κ3) is 5.66. The standard InChI is InChI=1S/C17H19ClN4O4S.2H2/c1-12(2)9-10-19-20-16-8-7-13(22(23)24)11-17(16)27(25,26)21-15-6-4-3-5-14(15)18;;/h3-8,10-12,20-21H,9H2,1-2H3;2*1H/b19-10+;;. The topological polar surface area (TPSA) is 114 Å². The van der Waals surface area contributed by atoms with Crippen LogP contribution in [0.5, 0.6) is 0 Å². The van der Waals surface area contributed by atoms with Gasteiger partial charge in [-0.05, 0) is 30.5 Å². The lowest BCUT2D eigenvalue weighted by molar-refractivity contribution is -0.385. The molecule has 0 saturated heterocycles. The molecule has 10 heteroatoms. The van der Waals surface area contributed by atoms with Gasteiger partial charge in [0.1, 0.15) is 4.90 Å². The zero-order valence-corrected chi connectivity index (χ0v) is 16.3. The highest BCUT2D eigenvalue weighted by Crippen LogP contribution is 2.30. The van der Waals surface area contributed by atoms with Crippen molar-refractivity contribution >= 4 is 44.9 Å². The van der Waals surface area contributed by atoms with E-state index in [2.05, 4.69) is 15.2 Å². The van der Waals surface area contributed by atoms with Crippen LogP contribution in [0.15, 0.2) is 52.5 Å². The summed E-state index contributed by atoms with van der Waals surface area (Å²) in [6.07, 6.45) is 2.31. The van der Waals surface area contributed by atoms with Crippen molar-refractivity contribution in [2.75, 3.05) is 10.1 Å². The summed E-state index contributed by atoms with van der Waals surface area (Å²) >= 11 is 6.00. The highest BCUT2D eigenvalue weighted by atomic mass is 35.5. The summed E-state index contributed by atoms with van der Waals surface area (Å²) in [5, 5.41) is 15.3. The highest BCUT2D eigenvalue weighted by Gasteiger charge is 2.23. The number of rotatable bonds is 8. The SMILES string of the molecule is CC(C)C/C=N/Nc1ccc([N+](=O)[O-])cc1S(=O)(=O)Nc1ccccc1Cl.[HH].[HH]. The first-order valence-electron chi connectivity index (χ1n) is 8.04. The van der Waals surface area contributed by atoms with Crippen molar-refractivity contribution in [1.29, 1.82) is 0 Å². The van der Waals surface area contributed by atoms with E-state index in [1.807, 2.05) is 13.8 Å². The zero-order chi connectivity index (χ0) is 20.0. The molecule has 2 N–H and O–H groups in total. The minimum Gasteiger partial charge on any atom is -0.278 e. The first-order valence-corrected chi connectivity index (χ1v) is 9.90. The smallest absolute Gasteiger partial charge is 0.270 e. The van der Waals surface area contributed by atoms with Crippen molar-refractivity contribution in [3.05, 3.63) is 57.6 Å². The molecule has 27 heavy (non-hydrogen) atoms. The maximum Gasteiger partial charge on any atom is 0.270 e. The number of halogens is 1. The van der Waals surface area contributed by atoms with Gasteiger partial charge in [0.2, 0.25) is 0 Å². The lowest BCUT2D eigenvalue weighted by Crippen LogP contribution is -2.15. The molecule has 2 rings (SSSR count). The van der Waals surface area contributed by atoms with Crippen molar-refractivity contribution in [3.8, 4) is 0 Å². The van der Waals surface area contributed by atoms with Crippen molar-refractivity contribution in [1.82, 2.24) is 0 Å². The second-order valence-corrected chi connectivity index (χ2v) is 8.13. The molecule has 0 spiro atoms. The van der Waals surface area contributed by atoms with Gasteiger partial charge in [-0.3, -0.25) is 20.3 Å². The van der Waals surface area contributed by atoms with Gasteiger partial charge >= 0.3 is 0 Å². The molecule has 0 atom stereocenters. The summed E-state index contributed by atoms with van der Waals surface area (Å²) in [4.78, 5) is 10.1. The molecule has 0 heterocycles. The van der Waals surface area contributed by atoms with Crippen LogP contribution < -0.4 is 10.1 Å². The Morgan fingerprint density at radius 2 is 1.96 bits per heavy atom. The first kappa shape index (κ1) is 20.7. The van der Waals surface area contributed by atoms with Gasteiger partial charge in [-0.2, -0.15) is 5.10 Å². The van der Waals surface area contributed by atoms with Gasteiger partial charge in [0, 0.05) is 21.2 Å². The number of nitro benzene ring substituents is 1. The van der Waals surface area contributed by atoms with E-state index in [1.54, 1.807) is 18.3 Å². The van der Waals surface area contributed by atoms with Crippen molar-refractivity contribution in [2.24, 2.45) is 11.0 Å². The van der Waals surface area contributed by atoms with Crippen LogP contribution in [0.25, 0.3) is 0 Å². The van der Waals surface area contributed by atoms with E-state index in [4.69, 9.17) is 11.6 Å². The summed E-state index contributed by atoms with van der Waals surface area (Å²) in [5.41, 5.74) is 2.56. The lowest BCUT2D eigenvalue weighted by atomic mass is 10.2. The Kier molecular flexibility index (Phi) is 6.75. The molecule has 0 aliphatic rings. The normalized spacial score (nSPS) is 11.7. The van der Waals surface area contributed by atoms with Crippen LogP contribution in [0.1, 0.15) is 23.1 Å². The number of anilines is 2. The fourth-order valence-corrected chi connectivity index (χ4v) is 3.56. The zero-order valence-electron chi connectivity index (χ0n) is 14.7. The van der Waals surface area contributed by atoms with Crippen molar-refractivity contribution in [3.63, 3.8) is 0 Å². The van der Waals surface area contributed by atoms with Gasteiger partial charge in [-0.15, -0.1) is 0 Å². The Balaban J connectivity index is 0.00000392. The molecular weight excluding hydrogens is 392 g/mol. The van der Waals surface area contributed by atoms with E-state index in [0.29, 0.717) is 12.3 Å². The second kappa shape index (κ2) is 8.83. The molecule has 0 aliphatic heterocycles. The van der Waals surface area contributed by atoms with Gasteiger partial charge in [-0.25, -0.2) is 8.42 Å². The van der Waals surface area contributed by atoms with Crippen LogP contribution in [0.3, 0.4) is 0 Å². The summed E-state index contributed by atoms with van der Waals surface area (Å²) in [5.74, 6) is 0.387. The predicted molar refractivity (Wildman–Crippen MR) is 111 cm³/mol. The molecule has 2 aromatic carbocycles. The molecule has 0 unspecified atom stereocenters. The van der Waals surface area contributed by atoms with Gasteiger partial charge < -0.3 is 0 Å². The van der Waals surface area contributed by atoms with Crippen LogP contribution in [0.2, 0.25) is 5.02 Å². The summed E-state index contributed by atoms with van der Waals surface area (Å²) in [6.45, 7) is 4.03. The Morgan fingerprint density at radius 1 is 1.26 bits per heavy atom. The highest BCUT2D eigenvalue weighted by molar-refractivity contribution is 7.93. The number of hydrogen-bond acceptors (Lipinski definition) is 6. The Bertz CT molecular complexity index is 972. The molecule has 148 valence electrons. The van der Waals surface area contributed by atoms with Crippen molar-refractivity contribution < 1.29 is 16.2 Å². The van der Waals surface area contributed by atoms with E-state index in [9.17, 15) is 18.5 Å². The quantitative estimate of drug-likeness (QED) is 0.359. The predicted octanol–water partition coefficient (Wildman–Crippen LogP) is 4.98. The van der Waals surface area contributed by atoms with Crippen LogP contribution in [0, 0.1) is 16.0 Å². The molecule has 0 fully saturated rings.